The van der Waals surface area contributed by atoms with Crippen molar-refractivity contribution >= 4 is 52.2 Å². The number of rotatable bonds is 5. The zero-order chi connectivity index (χ0) is 17.3. The topological polar surface area (TPSA) is 46.6 Å². The van der Waals surface area contributed by atoms with E-state index >= 15 is 0 Å². The first-order valence-electron chi connectivity index (χ1n) is 7.21. The first kappa shape index (κ1) is 17.1. The number of hydrogen-bond acceptors (Lipinski definition) is 3. The zero-order valence-electron chi connectivity index (χ0n) is 12.4. The SMILES string of the molecule is O=C1C(=O)N(CCCOc2cc(Cl)cc(Cl)c2)c2c(Cl)cccc21. The third-order valence-electron chi connectivity index (χ3n) is 3.57. The molecular weight excluding hydrogens is 373 g/mol. The summed E-state index contributed by atoms with van der Waals surface area (Å²) < 4.78 is 5.58. The molecule has 0 bridgehead atoms. The Balaban J connectivity index is 1.63. The van der Waals surface area contributed by atoms with Gasteiger partial charge < -0.3 is 9.64 Å². The fraction of sp³-hybridized carbons (Fsp3) is 0.176. The van der Waals surface area contributed by atoms with E-state index in [-0.39, 0.29) is 0 Å². The second kappa shape index (κ2) is 7.01. The van der Waals surface area contributed by atoms with Crippen LogP contribution in [0.5, 0.6) is 5.75 Å². The number of ether oxygens (including phenoxy) is 1. The van der Waals surface area contributed by atoms with E-state index in [1.54, 1.807) is 36.4 Å². The number of carbonyl (C=O) groups excluding carboxylic acids is 2. The van der Waals surface area contributed by atoms with E-state index in [4.69, 9.17) is 39.5 Å². The minimum absolute atomic E-state index is 0.329. The van der Waals surface area contributed by atoms with E-state index in [0.29, 0.717) is 51.6 Å². The quantitative estimate of drug-likeness (QED) is 0.557. The highest BCUT2D eigenvalue weighted by Crippen LogP contribution is 2.35. The van der Waals surface area contributed by atoms with Crippen LogP contribution in [-0.2, 0) is 4.79 Å². The first-order valence-corrected chi connectivity index (χ1v) is 8.34. The Kier molecular flexibility index (Phi) is 4.99. The van der Waals surface area contributed by atoms with Crippen molar-refractivity contribution < 1.29 is 14.3 Å². The molecule has 0 unspecified atom stereocenters. The molecule has 24 heavy (non-hydrogen) atoms. The van der Waals surface area contributed by atoms with Crippen LogP contribution in [-0.4, -0.2) is 24.8 Å². The van der Waals surface area contributed by atoms with Crippen LogP contribution in [0.1, 0.15) is 16.8 Å². The molecule has 0 saturated carbocycles. The van der Waals surface area contributed by atoms with E-state index in [9.17, 15) is 9.59 Å². The zero-order valence-corrected chi connectivity index (χ0v) is 14.7. The van der Waals surface area contributed by atoms with Gasteiger partial charge >= 0.3 is 0 Å². The third kappa shape index (κ3) is 3.36. The third-order valence-corrected chi connectivity index (χ3v) is 4.31. The molecule has 1 aliphatic heterocycles. The van der Waals surface area contributed by atoms with Gasteiger partial charge in [-0.3, -0.25) is 9.59 Å². The molecule has 4 nitrogen and oxygen atoms in total. The normalized spacial score (nSPS) is 13.4. The monoisotopic (exact) mass is 383 g/mol. The Morgan fingerprint density at radius 1 is 1.00 bits per heavy atom. The average Bonchev–Trinajstić information content (AvgIpc) is 2.77. The number of hydrogen-bond donors (Lipinski definition) is 0. The predicted octanol–water partition coefficient (Wildman–Crippen LogP) is 4.65. The van der Waals surface area contributed by atoms with Crippen molar-refractivity contribution in [2.45, 2.75) is 6.42 Å². The summed E-state index contributed by atoms with van der Waals surface area (Å²) in [5, 5.41) is 1.35. The smallest absolute Gasteiger partial charge is 0.299 e. The number of ketones is 1. The summed E-state index contributed by atoms with van der Waals surface area (Å²) in [5.74, 6) is -0.548. The summed E-state index contributed by atoms with van der Waals surface area (Å²) in [4.78, 5) is 25.5. The van der Waals surface area contributed by atoms with Gasteiger partial charge in [0.2, 0.25) is 0 Å². The highest BCUT2D eigenvalue weighted by atomic mass is 35.5. The van der Waals surface area contributed by atoms with Gasteiger partial charge in [-0.15, -0.1) is 0 Å². The van der Waals surface area contributed by atoms with Crippen LogP contribution in [0.4, 0.5) is 5.69 Å². The summed E-state index contributed by atoms with van der Waals surface area (Å²) in [7, 11) is 0. The summed E-state index contributed by atoms with van der Waals surface area (Å²) in [5.41, 5.74) is 0.815. The lowest BCUT2D eigenvalue weighted by Gasteiger charge is -2.17. The standard InChI is InChI=1S/C17H12Cl3NO3/c18-10-7-11(19)9-12(8-10)24-6-2-5-21-15-13(16(22)17(21)23)3-1-4-14(15)20/h1,3-4,7-9H,2,5-6H2. The lowest BCUT2D eigenvalue weighted by Crippen LogP contribution is -2.31. The molecule has 0 aromatic heterocycles. The molecule has 0 radical (unpaired) electrons. The molecule has 0 saturated heterocycles. The van der Waals surface area contributed by atoms with Crippen molar-refractivity contribution in [2.24, 2.45) is 0 Å². The van der Waals surface area contributed by atoms with Gasteiger partial charge in [0.25, 0.3) is 11.7 Å². The fourth-order valence-corrected chi connectivity index (χ4v) is 3.33. The molecule has 1 aliphatic rings. The number of nitrogens with zero attached hydrogens (tertiary/aromatic N) is 1. The second-order valence-corrected chi connectivity index (χ2v) is 6.51. The van der Waals surface area contributed by atoms with Crippen LogP contribution >= 0.6 is 34.8 Å². The fourth-order valence-electron chi connectivity index (χ4n) is 2.55. The number of anilines is 1. The largest absolute Gasteiger partial charge is 0.493 e. The van der Waals surface area contributed by atoms with Gasteiger partial charge in [0.05, 0.1) is 22.9 Å². The van der Waals surface area contributed by atoms with Gasteiger partial charge in [-0.25, -0.2) is 0 Å². The molecule has 3 rings (SSSR count). The van der Waals surface area contributed by atoms with E-state index in [0.717, 1.165) is 0 Å². The van der Waals surface area contributed by atoms with Crippen LogP contribution in [0.2, 0.25) is 15.1 Å². The summed E-state index contributed by atoms with van der Waals surface area (Å²) in [6.45, 7) is 0.671. The summed E-state index contributed by atoms with van der Waals surface area (Å²) in [6, 6.07) is 9.84. The van der Waals surface area contributed by atoms with Gasteiger partial charge in [-0.2, -0.15) is 0 Å². The molecule has 124 valence electrons. The Bertz CT molecular complexity index is 802. The van der Waals surface area contributed by atoms with Crippen molar-refractivity contribution in [1.29, 1.82) is 0 Å². The van der Waals surface area contributed by atoms with Crippen LogP contribution in [0, 0.1) is 0 Å². The number of carbonyl (C=O) groups is 2. The minimum Gasteiger partial charge on any atom is -0.493 e. The highest BCUT2D eigenvalue weighted by Gasteiger charge is 2.36. The van der Waals surface area contributed by atoms with E-state index in [2.05, 4.69) is 0 Å². The van der Waals surface area contributed by atoms with Gasteiger partial charge in [-0.05, 0) is 36.8 Å². The Labute approximate surface area is 153 Å². The maximum Gasteiger partial charge on any atom is 0.299 e. The molecule has 2 aromatic carbocycles. The molecule has 0 atom stereocenters. The number of halogens is 3. The molecule has 2 aromatic rings. The molecule has 0 fully saturated rings. The lowest BCUT2D eigenvalue weighted by atomic mass is 10.1. The van der Waals surface area contributed by atoms with Crippen LogP contribution in [0.3, 0.4) is 0 Å². The number of para-hydroxylation sites is 1. The molecule has 7 heteroatoms. The maximum atomic E-state index is 12.1. The van der Waals surface area contributed by atoms with Gasteiger partial charge in [-0.1, -0.05) is 40.9 Å². The highest BCUT2D eigenvalue weighted by molar-refractivity contribution is 6.54. The predicted molar refractivity (Wildman–Crippen MR) is 94.7 cm³/mol. The van der Waals surface area contributed by atoms with E-state index in [1.165, 1.54) is 4.90 Å². The van der Waals surface area contributed by atoms with Crippen molar-refractivity contribution in [3.05, 3.63) is 57.0 Å². The Hall–Kier alpha value is -1.75. The lowest BCUT2D eigenvalue weighted by molar-refractivity contribution is -0.114. The Morgan fingerprint density at radius 2 is 1.71 bits per heavy atom. The van der Waals surface area contributed by atoms with Crippen LogP contribution in [0.25, 0.3) is 0 Å². The minimum atomic E-state index is -0.566. The van der Waals surface area contributed by atoms with Gasteiger partial charge in [0, 0.05) is 16.6 Å². The van der Waals surface area contributed by atoms with E-state index in [1.807, 2.05) is 0 Å². The molecule has 0 N–H and O–H groups in total. The van der Waals surface area contributed by atoms with Crippen molar-refractivity contribution in [2.75, 3.05) is 18.1 Å². The van der Waals surface area contributed by atoms with Crippen LogP contribution < -0.4 is 9.64 Å². The number of Topliss-reactive ketones (excluding diaryl/α,β-unsaturated/α-hetero) is 1. The van der Waals surface area contributed by atoms with E-state index < -0.39 is 11.7 Å². The molecule has 1 heterocycles. The Morgan fingerprint density at radius 3 is 2.42 bits per heavy atom. The number of amides is 1. The molecular formula is C17H12Cl3NO3. The number of benzene rings is 2. The van der Waals surface area contributed by atoms with Gasteiger partial charge in [0.15, 0.2) is 0 Å². The summed E-state index contributed by atoms with van der Waals surface area (Å²) in [6.07, 6.45) is 0.522. The molecule has 1 amide bonds. The van der Waals surface area contributed by atoms with Crippen molar-refractivity contribution in [3.8, 4) is 5.75 Å². The summed E-state index contributed by atoms with van der Waals surface area (Å²) >= 11 is 17.9. The number of fused-ring (bicyclic) bond motifs is 1. The van der Waals surface area contributed by atoms with Gasteiger partial charge in [0.1, 0.15) is 5.75 Å². The first-order chi connectivity index (χ1) is 11.5. The van der Waals surface area contributed by atoms with Crippen molar-refractivity contribution in [3.63, 3.8) is 0 Å². The van der Waals surface area contributed by atoms with Crippen molar-refractivity contribution in [1.82, 2.24) is 0 Å². The maximum absolute atomic E-state index is 12.1. The average molecular weight is 385 g/mol. The molecule has 0 spiro atoms. The molecule has 0 aliphatic carbocycles. The second-order valence-electron chi connectivity index (χ2n) is 5.23. The van der Waals surface area contributed by atoms with Crippen LogP contribution in [0.15, 0.2) is 36.4 Å².